The molecule has 1 heterocycles. The van der Waals surface area contributed by atoms with Crippen LogP contribution in [0.5, 0.6) is 0 Å². The number of non-ortho nitro benzene ring substituents is 1. The van der Waals surface area contributed by atoms with Crippen molar-refractivity contribution >= 4 is 28.2 Å². The van der Waals surface area contributed by atoms with E-state index in [9.17, 15) is 20.0 Å². The van der Waals surface area contributed by atoms with Gasteiger partial charge >= 0.3 is 5.97 Å². The highest BCUT2D eigenvalue weighted by atomic mass is 16.6. The van der Waals surface area contributed by atoms with Crippen molar-refractivity contribution < 1.29 is 14.8 Å². The van der Waals surface area contributed by atoms with E-state index in [4.69, 9.17) is 5.73 Å². The number of carbonyl (C=O) groups is 1. The van der Waals surface area contributed by atoms with Gasteiger partial charge in [0.1, 0.15) is 0 Å². The van der Waals surface area contributed by atoms with Gasteiger partial charge in [0.15, 0.2) is 0 Å². The summed E-state index contributed by atoms with van der Waals surface area (Å²) in [5, 5.41) is 20.5. The third-order valence-electron chi connectivity index (χ3n) is 3.44. The number of hydrogen-bond acceptors (Lipinski definition) is 5. The Hall–Kier alpha value is -3.48. The second-order valence-corrected chi connectivity index (χ2v) is 4.94. The number of nitrogen functional groups attached to an aromatic ring is 1. The minimum atomic E-state index is -1.17. The van der Waals surface area contributed by atoms with Crippen molar-refractivity contribution in [3.8, 4) is 11.3 Å². The number of carboxylic acid groups (broad SMARTS) is 1. The standard InChI is InChI=1S/C16H11N3O4/c17-10-3-1-9(2-4-10)15-8-13(16(20)21)12-7-11(19(22)23)5-6-14(12)18-15/h1-8H,17H2,(H,20,21). The second kappa shape index (κ2) is 5.38. The normalized spacial score (nSPS) is 10.6. The molecule has 7 heteroatoms. The van der Waals surface area contributed by atoms with Crippen LogP contribution in [0.1, 0.15) is 10.4 Å². The molecule has 0 aliphatic rings. The summed E-state index contributed by atoms with van der Waals surface area (Å²) in [4.78, 5) is 26.2. The summed E-state index contributed by atoms with van der Waals surface area (Å²) < 4.78 is 0. The van der Waals surface area contributed by atoms with Crippen LogP contribution in [0.4, 0.5) is 11.4 Å². The maximum atomic E-state index is 11.5. The van der Waals surface area contributed by atoms with Crippen molar-refractivity contribution in [2.24, 2.45) is 0 Å². The molecule has 23 heavy (non-hydrogen) atoms. The average Bonchev–Trinajstić information content (AvgIpc) is 2.53. The number of benzene rings is 2. The van der Waals surface area contributed by atoms with Crippen LogP contribution in [-0.2, 0) is 0 Å². The molecule has 1 aromatic heterocycles. The third kappa shape index (κ3) is 2.67. The summed E-state index contributed by atoms with van der Waals surface area (Å²) in [7, 11) is 0. The number of aromatic nitrogens is 1. The molecule has 2 aromatic carbocycles. The lowest BCUT2D eigenvalue weighted by Gasteiger charge is -2.07. The summed E-state index contributed by atoms with van der Waals surface area (Å²) >= 11 is 0. The van der Waals surface area contributed by atoms with E-state index in [0.29, 0.717) is 22.5 Å². The van der Waals surface area contributed by atoms with E-state index in [1.807, 2.05) is 0 Å². The number of nitrogens with two attached hydrogens (primary N) is 1. The molecule has 114 valence electrons. The lowest BCUT2D eigenvalue weighted by atomic mass is 10.0. The molecule has 0 atom stereocenters. The highest BCUT2D eigenvalue weighted by Crippen LogP contribution is 2.28. The number of nitro groups is 1. The van der Waals surface area contributed by atoms with Gasteiger partial charge in [-0.2, -0.15) is 0 Å². The molecule has 0 saturated carbocycles. The van der Waals surface area contributed by atoms with E-state index in [1.54, 1.807) is 24.3 Å². The number of anilines is 1. The summed E-state index contributed by atoms with van der Waals surface area (Å²) in [5.41, 5.74) is 7.56. The number of aromatic carboxylic acids is 1. The van der Waals surface area contributed by atoms with Gasteiger partial charge in [-0.05, 0) is 24.3 Å². The number of rotatable bonds is 3. The highest BCUT2D eigenvalue weighted by Gasteiger charge is 2.16. The van der Waals surface area contributed by atoms with Gasteiger partial charge in [0, 0.05) is 28.8 Å². The molecule has 0 radical (unpaired) electrons. The van der Waals surface area contributed by atoms with E-state index in [-0.39, 0.29) is 16.6 Å². The molecule has 0 amide bonds. The van der Waals surface area contributed by atoms with Crippen LogP contribution in [0, 0.1) is 10.1 Å². The fourth-order valence-electron chi connectivity index (χ4n) is 2.31. The van der Waals surface area contributed by atoms with Crippen molar-refractivity contribution in [2.75, 3.05) is 5.73 Å². The predicted molar refractivity (Wildman–Crippen MR) is 85.2 cm³/mol. The number of nitrogens with zero attached hydrogens (tertiary/aromatic N) is 2. The fourth-order valence-corrected chi connectivity index (χ4v) is 2.31. The summed E-state index contributed by atoms with van der Waals surface area (Å²) in [5.74, 6) is -1.17. The van der Waals surface area contributed by atoms with Gasteiger partial charge in [0.05, 0.1) is 21.7 Å². The maximum absolute atomic E-state index is 11.5. The fraction of sp³-hybridized carbons (Fsp3) is 0. The van der Waals surface area contributed by atoms with Crippen LogP contribution in [0.25, 0.3) is 22.2 Å². The van der Waals surface area contributed by atoms with Crippen LogP contribution in [-0.4, -0.2) is 21.0 Å². The van der Waals surface area contributed by atoms with Gasteiger partial charge in [-0.25, -0.2) is 9.78 Å². The van der Waals surface area contributed by atoms with Crippen molar-refractivity contribution in [3.05, 3.63) is 64.2 Å². The molecule has 0 unspecified atom stereocenters. The van der Waals surface area contributed by atoms with E-state index < -0.39 is 10.9 Å². The second-order valence-electron chi connectivity index (χ2n) is 4.94. The number of pyridine rings is 1. The highest BCUT2D eigenvalue weighted by molar-refractivity contribution is 6.04. The van der Waals surface area contributed by atoms with Crippen molar-refractivity contribution in [2.45, 2.75) is 0 Å². The molecule has 3 aromatic rings. The molecular formula is C16H11N3O4. The Kier molecular flexibility index (Phi) is 3.38. The zero-order chi connectivity index (χ0) is 16.6. The first kappa shape index (κ1) is 14.5. The summed E-state index contributed by atoms with van der Waals surface area (Å²) in [6.45, 7) is 0. The zero-order valence-electron chi connectivity index (χ0n) is 11.8. The molecule has 0 bridgehead atoms. The topological polar surface area (TPSA) is 119 Å². The monoisotopic (exact) mass is 309 g/mol. The molecule has 0 aliphatic carbocycles. The van der Waals surface area contributed by atoms with E-state index in [1.165, 1.54) is 24.3 Å². The number of fused-ring (bicyclic) bond motifs is 1. The van der Waals surface area contributed by atoms with Crippen LogP contribution >= 0.6 is 0 Å². The molecule has 3 N–H and O–H groups in total. The molecular weight excluding hydrogens is 298 g/mol. The van der Waals surface area contributed by atoms with Crippen LogP contribution in [0.2, 0.25) is 0 Å². The Morgan fingerprint density at radius 1 is 1.13 bits per heavy atom. The van der Waals surface area contributed by atoms with Crippen molar-refractivity contribution in [1.29, 1.82) is 0 Å². The lowest BCUT2D eigenvalue weighted by Crippen LogP contribution is -2.01. The van der Waals surface area contributed by atoms with E-state index in [2.05, 4.69) is 4.98 Å². The molecule has 0 fully saturated rings. The largest absolute Gasteiger partial charge is 0.478 e. The smallest absolute Gasteiger partial charge is 0.336 e. The van der Waals surface area contributed by atoms with E-state index in [0.717, 1.165) is 0 Å². The van der Waals surface area contributed by atoms with Gasteiger partial charge in [0.2, 0.25) is 0 Å². The summed E-state index contributed by atoms with van der Waals surface area (Å²) in [6.07, 6.45) is 0. The third-order valence-corrected chi connectivity index (χ3v) is 3.44. The van der Waals surface area contributed by atoms with Crippen LogP contribution < -0.4 is 5.73 Å². The van der Waals surface area contributed by atoms with Gasteiger partial charge in [-0.1, -0.05) is 12.1 Å². The number of nitro benzene ring substituents is 1. The van der Waals surface area contributed by atoms with Crippen molar-refractivity contribution in [3.63, 3.8) is 0 Å². The minimum absolute atomic E-state index is 0.0366. The quantitative estimate of drug-likeness (QED) is 0.436. The summed E-state index contributed by atoms with van der Waals surface area (Å²) in [6, 6.07) is 12.2. The van der Waals surface area contributed by atoms with E-state index >= 15 is 0 Å². The number of hydrogen-bond donors (Lipinski definition) is 2. The predicted octanol–water partition coefficient (Wildman–Crippen LogP) is 3.09. The minimum Gasteiger partial charge on any atom is -0.478 e. The Bertz CT molecular complexity index is 936. The molecule has 3 rings (SSSR count). The Labute approximate surface area is 130 Å². The zero-order valence-corrected chi connectivity index (χ0v) is 11.8. The van der Waals surface area contributed by atoms with Gasteiger partial charge in [-0.15, -0.1) is 0 Å². The maximum Gasteiger partial charge on any atom is 0.336 e. The number of carboxylic acids is 1. The van der Waals surface area contributed by atoms with Crippen LogP contribution in [0.3, 0.4) is 0 Å². The Morgan fingerprint density at radius 2 is 1.83 bits per heavy atom. The Morgan fingerprint density at radius 3 is 2.43 bits per heavy atom. The lowest BCUT2D eigenvalue weighted by molar-refractivity contribution is -0.384. The van der Waals surface area contributed by atoms with Crippen LogP contribution in [0.15, 0.2) is 48.5 Å². The van der Waals surface area contributed by atoms with Crippen molar-refractivity contribution in [1.82, 2.24) is 4.98 Å². The first-order chi connectivity index (χ1) is 11.0. The first-order valence-corrected chi connectivity index (χ1v) is 6.64. The Balaban J connectivity index is 2.26. The van der Waals surface area contributed by atoms with Gasteiger partial charge in [0.25, 0.3) is 5.69 Å². The van der Waals surface area contributed by atoms with Gasteiger partial charge < -0.3 is 10.8 Å². The SMILES string of the molecule is Nc1ccc(-c2cc(C(=O)O)c3cc([N+](=O)[O-])ccc3n2)cc1. The molecule has 0 aliphatic heterocycles. The molecule has 0 spiro atoms. The average molecular weight is 309 g/mol. The van der Waals surface area contributed by atoms with Gasteiger partial charge in [-0.3, -0.25) is 10.1 Å². The molecule has 0 saturated heterocycles. The first-order valence-electron chi connectivity index (χ1n) is 6.64. The molecule has 7 nitrogen and oxygen atoms in total.